The fourth-order valence-corrected chi connectivity index (χ4v) is 7.87. The molecule has 0 fully saturated rings. The van der Waals surface area contributed by atoms with Crippen LogP contribution in [0.25, 0.3) is 0 Å². The van der Waals surface area contributed by atoms with Gasteiger partial charge in [-0.2, -0.15) is 0 Å². The van der Waals surface area contributed by atoms with Gasteiger partial charge in [0.25, 0.3) is 0 Å². The molecule has 0 aromatic rings. The molecule has 1 atom stereocenters. The zero-order chi connectivity index (χ0) is 49.3. The van der Waals surface area contributed by atoms with Crippen molar-refractivity contribution in [2.24, 2.45) is 0 Å². The van der Waals surface area contributed by atoms with E-state index in [1.807, 2.05) is 6.08 Å². The van der Waals surface area contributed by atoms with Gasteiger partial charge in [0.1, 0.15) is 13.2 Å². The van der Waals surface area contributed by atoms with Gasteiger partial charge in [-0.1, -0.05) is 247 Å². The Labute approximate surface area is 420 Å². The molecule has 0 rings (SSSR count). The zero-order valence-corrected chi connectivity index (χ0v) is 44.6. The molecule has 0 saturated carbocycles. The molecule has 6 nitrogen and oxygen atoms in total. The lowest BCUT2D eigenvalue weighted by atomic mass is 10.0. The molecule has 0 N–H and O–H groups in total. The molecule has 0 bridgehead atoms. The molecule has 0 aliphatic heterocycles. The molecule has 0 aliphatic rings. The van der Waals surface area contributed by atoms with Crippen LogP contribution in [-0.2, 0) is 28.6 Å². The van der Waals surface area contributed by atoms with Gasteiger partial charge in [-0.25, -0.2) is 0 Å². The average molecular weight is 948 g/mol. The Hall–Kier alpha value is -3.41. The van der Waals surface area contributed by atoms with Crippen molar-refractivity contribution in [3.8, 4) is 0 Å². The van der Waals surface area contributed by atoms with Crippen LogP contribution in [0.5, 0.6) is 0 Å². The first kappa shape index (κ1) is 64.6. The van der Waals surface area contributed by atoms with Crippen LogP contribution in [0.15, 0.2) is 85.1 Å². The Balaban J connectivity index is 4.29. The predicted octanol–water partition coefficient (Wildman–Crippen LogP) is 19.2. The number of unbranched alkanes of at least 4 members (excludes halogenated alkanes) is 27. The van der Waals surface area contributed by atoms with Crippen LogP contribution in [0.4, 0.5) is 0 Å². The average Bonchev–Trinajstić information content (AvgIpc) is 3.34. The Bertz CT molecular complexity index is 1320. The Morgan fingerprint density at radius 3 is 1.01 bits per heavy atom. The molecule has 6 heteroatoms. The van der Waals surface area contributed by atoms with Gasteiger partial charge in [0.05, 0.1) is 6.42 Å². The topological polar surface area (TPSA) is 78.9 Å². The summed E-state index contributed by atoms with van der Waals surface area (Å²) >= 11 is 0. The lowest BCUT2D eigenvalue weighted by Crippen LogP contribution is -2.30. The Kier molecular flexibility index (Phi) is 53.4. The van der Waals surface area contributed by atoms with Crippen LogP contribution >= 0.6 is 0 Å². The van der Waals surface area contributed by atoms with E-state index < -0.39 is 12.1 Å². The van der Waals surface area contributed by atoms with Crippen LogP contribution in [0.3, 0.4) is 0 Å². The second-order valence-corrected chi connectivity index (χ2v) is 18.8. The first-order valence-corrected chi connectivity index (χ1v) is 28.6. The smallest absolute Gasteiger partial charge is 0.310 e. The molecule has 0 heterocycles. The zero-order valence-electron chi connectivity index (χ0n) is 44.6. The SMILES string of the molecule is CC/C=C\C/C=C\C/C=C\C/C=C\C/C=C\CC(=O)OC(COC(=O)CCCCCCC/C=C\CCC)COC(=O)CCCCCCCCCCCCCCC/C=C\CCCCCCCCCC. The van der Waals surface area contributed by atoms with E-state index in [0.717, 1.165) is 89.9 Å². The van der Waals surface area contributed by atoms with Gasteiger partial charge in [0.2, 0.25) is 0 Å². The minimum absolute atomic E-state index is 0.0953. The summed E-state index contributed by atoms with van der Waals surface area (Å²) in [4.78, 5) is 37.9. The summed E-state index contributed by atoms with van der Waals surface area (Å²) < 4.78 is 16.7. The highest BCUT2D eigenvalue weighted by atomic mass is 16.6. The van der Waals surface area contributed by atoms with E-state index in [-0.39, 0.29) is 31.6 Å². The summed E-state index contributed by atoms with van der Waals surface area (Å²) in [6.07, 6.45) is 73.4. The second kappa shape index (κ2) is 56.2. The molecular weight excluding hydrogens is 841 g/mol. The van der Waals surface area contributed by atoms with Crippen LogP contribution in [-0.4, -0.2) is 37.2 Å². The molecule has 390 valence electrons. The quantitative estimate of drug-likeness (QED) is 0.0262. The Morgan fingerprint density at radius 2 is 0.647 bits per heavy atom. The summed E-state index contributed by atoms with van der Waals surface area (Å²) in [7, 11) is 0. The molecule has 0 aromatic heterocycles. The van der Waals surface area contributed by atoms with Crippen molar-refractivity contribution in [2.75, 3.05) is 13.2 Å². The van der Waals surface area contributed by atoms with E-state index in [1.54, 1.807) is 6.08 Å². The summed E-state index contributed by atoms with van der Waals surface area (Å²) in [5.41, 5.74) is 0. The number of carbonyl (C=O) groups excluding carboxylic acids is 3. The highest BCUT2D eigenvalue weighted by Crippen LogP contribution is 2.15. The van der Waals surface area contributed by atoms with Crippen LogP contribution in [0.2, 0.25) is 0 Å². The standard InChI is InChI=1S/C62H106O6/c1-4-7-10-13-16-19-22-24-26-27-28-29-30-31-32-33-34-35-37-38-40-43-46-49-52-55-61(64)67-58-59(57-66-60(63)54-51-48-45-42-21-18-15-12-9-6-3)68-62(65)56-53-50-47-44-41-39-36-25-23-20-17-14-11-8-5-2/h8,11-12,15,17,20,25,27-28,36,41,44,50,53,59H,4-7,9-10,13-14,16,18-19,21-24,26,29-35,37-40,42-43,45-49,51-52,54-58H2,1-3H3/b11-8-,15-12-,20-17-,28-27-,36-25-,44-41-,53-50-. The van der Waals surface area contributed by atoms with E-state index in [9.17, 15) is 14.4 Å². The third-order valence-electron chi connectivity index (χ3n) is 12.1. The van der Waals surface area contributed by atoms with Crippen molar-refractivity contribution >= 4 is 17.9 Å². The summed E-state index contributed by atoms with van der Waals surface area (Å²) in [5, 5.41) is 0. The maximum atomic E-state index is 12.7. The van der Waals surface area contributed by atoms with Crippen molar-refractivity contribution in [3.63, 3.8) is 0 Å². The summed E-state index contributed by atoms with van der Waals surface area (Å²) in [6.45, 7) is 6.38. The second-order valence-electron chi connectivity index (χ2n) is 18.8. The molecule has 0 spiro atoms. The lowest BCUT2D eigenvalue weighted by Gasteiger charge is -2.18. The molecule has 0 radical (unpaired) electrons. The monoisotopic (exact) mass is 947 g/mol. The van der Waals surface area contributed by atoms with Gasteiger partial charge in [-0.15, -0.1) is 0 Å². The normalized spacial score (nSPS) is 12.7. The number of hydrogen-bond donors (Lipinski definition) is 0. The number of hydrogen-bond acceptors (Lipinski definition) is 6. The lowest BCUT2D eigenvalue weighted by molar-refractivity contribution is -0.166. The fourth-order valence-electron chi connectivity index (χ4n) is 7.87. The van der Waals surface area contributed by atoms with E-state index in [2.05, 4.69) is 93.7 Å². The molecule has 0 saturated heterocycles. The van der Waals surface area contributed by atoms with Crippen LogP contribution in [0.1, 0.15) is 271 Å². The van der Waals surface area contributed by atoms with Crippen molar-refractivity contribution in [1.82, 2.24) is 0 Å². The molecule has 0 aromatic carbocycles. The first-order valence-electron chi connectivity index (χ1n) is 28.6. The minimum atomic E-state index is -0.833. The van der Waals surface area contributed by atoms with E-state index in [0.29, 0.717) is 12.8 Å². The number of allylic oxidation sites excluding steroid dienone is 13. The number of esters is 3. The maximum absolute atomic E-state index is 12.7. The number of carbonyl (C=O) groups is 3. The van der Waals surface area contributed by atoms with Crippen molar-refractivity contribution < 1.29 is 28.6 Å². The van der Waals surface area contributed by atoms with Gasteiger partial charge in [0.15, 0.2) is 6.10 Å². The highest BCUT2D eigenvalue weighted by Gasteiger charge is 2.19. The van der Waals surface area contributed by atoms with Crippen molar-refractivity contribution in [2.45, 2.75) is 277 Å². The van der Waals surface area contributed by atoms with E-state index in [4.69, 9.17) is 14.2 Å². The molecule has 0 aliphatic carbocycles. The minimum Gasteiger partial charge on any atom is -0.462 e. The third kappa shape index (κ3) is 53.5. The number of ether oxygens (including phenoxy) is 3. The van der Waals surface area contributed by atoms with Crippen LogP contribution < -0.4 is 0 Å². The highest BCUT2D eigenvalue weighted by molar-refractivity contribution is 5.72. The van der Waals surface area contributed by atoms with Crippen LogP contribution in [0, 0.1) is 0 Å². The van der Waals surface area contributed by atoms with Crippen molar-refractivity contribution in [1.29, 1.82) is 0 Å². The van der Waals surface area contributed by atoms with Gasteiger partial charge < -0.3 is 14.2 Å². The van der Waals surface area contributed by atoms with Gasteiger partial charge >= 0.3 is 17.9 Å². The fraction of sp³-hybridized carbons (Fsp3) is 0.726. The summed E-state index contributed by atoms with van der Waals surface area (Å²) in [5.74, 6) is -1.06. The molecule has 68 heavy (non-hydrogen) atoms. The molecular formula is C62H106O6. The van der Waals surface area contributed by atoms with E-state index in [1.165, 1.54) is 141 Å². The molecule has 1 unspecified atom stereocenters. The van der Waals surface area contributed by atoms with Gasteiger partial charge in [-0.3, -0.25) is 14.4 Å². The maximum Gasteiger partial charge on any atom is 0.310 e. The van der Waals surface area contributed by atoms with Crippen molar-refractivity contribution in [3.05, 3.63) is 85.1 Å². The number of rotatable bonds is 51. The van der Waals surface area contributed by atoms with Gasteiger partial charge in [0, 0.05) is 12.8 Å². The predicted molar refractivity (Wildman–Crippen MR) is 293 cm³/mol. The van der Waals surface area contributed by atoms with Gasteiger partial charge in [-0.05, 0) is 89.9 Å². The third-order valence-corrected chi connectivity index (χ3v) is 12.1. The summed E-state index contributed by atoms with van der Waals surface area (Å²) in [6, 6.07) is 0. The largest absolute Gasteiger partial charge is 0.462 e. The molecule has 0 amide bonds. The van der Waals surface area contributed by atoms with E-state index >= 15 is 0 Å². The Morgan fingerprint density at radius 1 is 0.324 bits per heavy atom. The first-order chi connectivity index (χ1) is 33.5.